The molecule has 0 spiro atoms. The van der Waals surface area contributed by atoms with Crippen LogP contribution >= 0.6 is 0 Å². The summed E-state index contributed by atoms with van der Waals surface area (Å²) in [5.74, 6) is 5.18. The summed E-state index contributed by atoms with van der Waals surface area (Å²) in [6, 6.07) is 7.58. The molecule has 0 aliphatic carbocycles. The summed E-state index contributed by atoms with van der Waals surface area (Å²) >= 11 is 0. The van der Waals surface area contributed by atoms with Crippen molar-refractivity contribution in [3.05, 3.63) is 35.4 Å². The van der Waals surface area contributed by atoms with E-state index in [-0.39, 0.29) is 12.6 Å². The Morgan fingerprint density at radius 2 is 2.06 bits per heavy atom. The highest BCUT2D eigenvalue weighted by Crippen LogP contribution is 2.06. The lowest BCUT2D eigenvalue weighted by Crippen LogP contribution is -2.01. The number of aliphatic hydroxyl groups excluding tert-OH is 1. The zero-order valence-corrected chi connectivity index (χ0v) is 9.19. The highest BCUT2D eigenvalue weighted by molar-refractivity contribution is 5.69. The van der Waals surface area contributed by atoms with Gasteiger partial charge in [-0.25, -0.2) is 0 Å². The molecule has 0 amide bonds. The molecule has 0 radical (unpaired) electrons. The van der Waals surface area contributed by atoms with Gasteiger partial charge < -0.3 is 9.84 Å². The third kappa shape index (κ3) is 4.16. The molecule has 3 heteroatoms. The molecule has 16 heavy (non-hydrogen) atoms. The number of esters is 1. The van der Waals surface area contributed by atoms with Gasteiger partial charge in [0.05, 0.1) is 7.11 Å². The van der Waals surface area contributed by atoms with E-state index in [1.165, 1.54) is 7.11 Å². The van der Waals surface area contributed by atoms with Crippen LogP contribution in [0.5, 0.6) is 0 Å². The van der Waals surface area contributed by atoms with E-state index >= 15 is 0 Å². The Hall–Kier alpha value is -1.79. The van der Waals surface area contributed by atoms with Gasteiger partial charge >= 0.3 is 5.97 Å². The fourth-order valence-electron chi connectivity index (χ4n) is 1.24. The Morgan fingerprint density at radius 1 is 1.38 bits per heavy atom. The maximum atomic E-state index is 10.9. The van der Waals surface area contributed by atoms with Crippen LogP contribution in [-0.2, 0) is 16.0 Å². The molecule has 0 fully saturated rings. The molecular formula is C13H14O3. The molecule has 1 aromatic carbocycles. The predicted octanol–water partition coefficient (Wildman–Crippen LogP) is 1.14. The summed E-state index contributed by atoms with van der Waals surface area (Å²) in [6.07, 6.45) is 1.05. The van der Waals surface area contributed by atoms with Gasteiger partial charge in [0.1, 0.15) is 6.61 Å². The molecule has 0 atom stereocenters. The molecule has 1 aromatic rings. The lowest BCUT2D eigenvalue weighted by molar-refractivity contribution is -0.140. The summed E-state index contributed by atoms with van der Waals surface area (Å²) in [6.45, 7) is -0.135. The minimum atomic E-state index is -0.204. The molecule has 84 valence electrons. The summed E-state index contributed by atoms with van der Waals surface area (Å²) < 4.78 is 4.56. The number of rotatable bonds is 3. The third-order valence-corrected chi connectivity index (χ3v) is 2.11. The molecule has 1 N–H and O–H groups in total. The molecule has 0 unspecified atom stereocenters. The number of aryl methyl sites for hydroxylation is 1. The van der Waals surface area contributed by atoms with E-state index in [1.54, 1.807) is 0 Å². The van der Waals surface area contributed by atoms with E-state index in [0.717, 1.165) is 11.1 Å². The molecule has 0 aromatic heterocycles. The van der Waals surface area contributed by atoms with Crippen molar-refractivity contribution in [3.63, 3.8) is 0 Å². The number of carbonyl (C=O) groups excluding carboxylic acids is 1. The van der Waals surface area contributed by atoms with Crippen LogP contribution in [-0.4, -0.2) is 24.8 Å². The van der Waals surface area contributed by atoms with Crippen molar-refractivity contribution in [2.45, 2.75) is 12.8 Å². The molecule has 0 saturated heterocycles. The monoisotopic (exact) mass is 218 g/mol. The largest absolute Gasteiger partial charge is 0.469 e. The van der Waals surface area contributed by atoms with E-state index in [2.05, 4.69) is 16.6 Å². The van der Waals surface area contributed by atoms with Crippen molar-refractivity contribution in [2.75, 3.05) is 13.7 Å². The Labute approximate surface area is 95.1 Å². The first-order chi connectivity index (χ1) is 7.76. The standard InChI is InChI=1S/C13H14O3/c1-16-13(15)9-8-12-6-4-11(5-7-12)3-2-10-14/h4-7,14H,8-10H2,1H3. The van der Waals surface area contributed by atoms with Gasteiger partial charge in [0.2, 0.25) is 0 Å². The first-order valence-corrected chi connectivity index (χ1v) is 5.01. The number of benzene rings is 1. The second-order valence-electron chi connectivity index (χ2n) is 3.23. The molecule has 1 rings (SSSR count). The van der Waals surface area contributed by atoms with Gasteiger partial charge in [-0.2, -0.15) is 0 Å². The van der Waals surface area contributed by atoms with Crippen molar-refractivity contribution in [1.29, 1.82) is 0 Å². The van der Waals surface area contributed by atoms with Gasteiger partial charge in [-0.3, -0.25) is 4.79 Å². The summed E-state index contributed by atoms with van der Waals surface area (Å²) in [5, 5.41) is 8.53. The summed E-state index contributed by atoms with van der Waals surface area (Å²) in [7, 11) is 1.38. The van der Waals surface area contributed by atoms with E-state index in [0.29, 0.717) is 12.8 Å². The second-order valence-corrected chi connectivity index (χ2v) is 3.23. The maximum Gasteiger partial charge on any atom is 0.305 e. The Morgan fingerprint density at radius 3 is 2.62 bits per heavy atom. The molecule has 0 saturated carbocycles. The van der Waals surface area contributed by atoms with E-state index in [4.69, 9.17) is 5.11 Å². The maximum absolute atomic E-state index is 10.9. The van der Waals surface area contributed by atoms with Crippen LogP contribution < -0.4 is 0 Å². The van der Waals surface area contributed by atoms with Crippen LogP contribution in [0.15, 0.2) is 24.3 Å². The second kappa shape index (κ2) is 6.65. The third-order valence-electron chi connectivity index (χ3n) is 2.11. The normalized spacial score (nSPS) is 9.12. The number of hydrogen-bond acceptors (Lipinski definition) is 3. The summed E-state index contributed by atoms with van der Waals surface area (Å²) in [4.78, 5) is 10.9. The molecular weight excluding hydrogens is 204 g/mol. The Kier molecular flexibility index (Phi) is 5.10. The zero-order chi connectivity index (χ0) is 11.8. The average Bonchev–Trinajstić information content (AvgIpc) is 2.34. The molecule has 0 aliphatic heterocycles. The SMILES string of the molecule is COC(=O)CCc1ccc(C#CCO)cc1. The van der Waals surface area contributed by atoms with Crippen molar-refractivity contribution >= 4 is 5.97 Å². The predicted molar refractivity (Wildman–Crippen MR) is 60.7 cm³/mol. The fraction of sp³-hybridized carbons (Fsp3) is 0.308. The van der Waals surface area contributed by atoms with Crippen molar-refractivity contribution in [3.8, 4) is 11.8 Å². The molecule has 3 nitrogen and oxygen atoms in total. The van der Waals surface area contributed by atoms with Crippen LogP contribution in [0.25, 0.3) is 0 Å². The first kappa shape index (κ1) is 12.3. The number of methoxy groups -OCH3 is 1. The average molecular weight is 218 g/mol. The van der Waals surface area contributed by atoms with Crippen LogP contribution in [0.1, 0.15) is 17.5 Å². The lowest BCUT2D eigenvalue weighted by Gasteiger charge is -2.00. The van der Waals surface area contributed by atoms with Crippen LogP contribution in [0.2, 0.25) is 0 Å². The quantitative estimate of drug-likeness (QED) is 0.611. The Balaban J connectivity index is 2.54. The van der Waals surface area contributed by atoms with Gasteiger partial charge in [-0.15, -0.1) is 0 Å². The Bertz CT molecular complexity index is 395. The smallest absolute Gasteiger partial charge is 0.305 e. The molecule has 0 bridgehead atoms. The van der Waals surface area contributed by atoms with E-state index in [1.807, 2.05) is 24.3 Å². The van der Waals surface area contributed by atoms with Crippen LogP contribution in [0.4, 0.5) is 0 Å². The highest BCUT2D eigenvalue weighted by Gasteiger charge is 2.00. The summed E-state index contributed by atoms with van der Waals surface area (Å²) in [5.41, 5.74) is 1.93. The van der Waals surface area contributed by atoms with Gasteiger partial charge in [0.15, 0.2) is 0 Å². The van der Waals surface area contributed by atoms with E-state index < -0.39 is 0 Å². The van der Waals surface area contributed by atoms with Crippen LogP contribution in [0, 0.1) is 11.8 Å². The highest BCUT2D eigenvalue weighted by atomic mass is 16.5. The number of ether oxygens (including phenoxy) is 1. The fourth-order valence-corrected chi connectivity index (χ4v) is 1.24. The number of aliphatic hydroxyl groups is 1. The minimum Gasteiger partial charge on any atom is -0.469 e. The zero-order valence-electron chi connectivity index (χ0n) is 9.19. The number of hydrogen-bond donors (Lipinski definition) is 1. The first-order valence-electron chi connectivity index (χ1n) is 5.01. The van der Waals surface area contributed by atoms with E-state index in [9.17, 15) is 4.79 Å². The topological polar surface area (TPSA) is 46.5 Å². The van der Waals surface area contributed by atoms with Crippen molar-refractivity contribution in [1.82, 2.24) is 0 Å². The molecule has 0 aliphatic rings. The minimum absolute atomic E-state index is 0.135. The van der Waals surface area contributed by atoms with Gasteiger partial charge in [-0.1, -0.05) is 24.0 Å². The van der Waals surface area contributed by atoms with Gasteiger partial charge in [0.25, 0.3) is 0 Å². The van der Waals surface area contributed by atoms with Crippen LogP contribution in [0.3, 0.4) is 0 Å². The van der Waals surface area contributed by atoms with Gasteiger partial charge in [0, 0.05) is 12.0 Å². The lowest BCUT2D eigenvalue weighted by atomic mass is 10.1. The van der Waals surface area contributed by atoms with Gasteiger partial charge in [-0.05, 0) is 24.1 Å². The van der Waals surface area contributed by atoms with Crippen molar-refractivity contribution < 1.29 is 14.6 Å². The number of carbonyl (C=O) groups is 1. The molecule has 0 heterocycles. The van der Waals surface area contributed by atoms with Crippen molar-refractivity contribution in [2.24, 2.45) is 0 Å².